The van der Waals surface area contributed by atoms with Crippen molar-refractivity contribution in [2.24, 2.45) is 5.10 Å². The molecule has 6 heteroatoms. The predicted octanol–water partition coefficient (Wildman–Crippen LogP) is 4.44. The second-order valence-electron chi connectivity index (χ2n) is 6.31. The van der Waals surface area contributed by atoms with Crippen molar-refractivity contribution in [2.45, 2.75) is 13.5 Å². The van der Waals surface area contributed by atoms with Crippen LogP contribution in [0.25, 0.3) is 0 Å². The van der Waals surface area contributed by atoms with Crippen LogP contribution in [0.5, 0.6) is 17.2 Å². The third-order valence-corrected chi connectivity index (χ3v) is 4.25. The van der Waals surface area contributed by atoms with Gasteiger partial charge in [-0.25, -0.2) is 5.43 Å². The number of nitrogens with zero attached hydrogens (tertiary/aromatic N) is 1. The fraction of sp³-hybridized carbons (Fsp3) is 0.167. The van der Waals surface area contributed by atoms with Gasteiger partial charge >= 0.3 is 0 Å². The Hall–Kier alpha value is -3.80. The number of carbonyl (C=O) groups excluding carboxylic acids is 1. The molecule has 3 rings (SSSR count). The van der Waals surface area contributed by atoms with Gasteiger partial charge in [-0.05, 0) is 48.9 Å². The number of benzene rings is 3. The summed E-state index contributed by atoms with van der Waals surface area (Å²) in [5.41, 5.74) is 4.71. The van der Waals surface area contributed by atoms with E-state index in [1.807, 2.05) is 61.5 Å². The lowest BCUT2D eigenvalue weighted by Crippen LogP contribution is -2.18. The summed E-state index contributed by atoms with van der Waals surface area (Å²) in [4.78, 5) is 12.4. The van der Waals surface area contributed by atoms with E-state index in [0.29, 0.717) is 30.3 Å². The SMILES string of the molecule is CCOc1ccccc1C(=O)N/N=C/c1ccccc1OCc1cccc(OC)c1. The molecule has 0 aliphatic carbocycles. The third-order valence-electron chi connectivity index (χ3n) is 4.25. The van der Waals surface area contributed by atoms with Gasteiger partial charge in [0.05, 0.1) is 25.5 Å². The van der Waals surface area contributed by atoms with Gasteiger partial charge < -0.3 is 14.2 Å². The Kier molecular flexibility index (Phi) is 7.44. The minimum atomic E-state index is -0.343. The summed E-state index contributed by atoms with van der Waals surface area (Å²) in [5.74, 6) is 1.62. The van der Waals surface area contributed by atoms with Crippen LogP contribution in [0.15, 0.2) is 77.9 Å². The molecule has 1 N–H and O–H groups in total. The Balaban J connectivity index is 1.66. The molecule has 0 bridgehead atoms. The highest BCUT2D eigenvalue weighted by Crippen LogP contribution is 2.20. The van der Waals surface area contributed by atoms with E-state index in [2.05, 4.69) is 10.5 Å². The number of amides is 1. The fourth-order valence-electron chi connectivity index (χ4n) is 2.80. The average Bonchev–Trinajstić information content (AvgIpc) is 2.79. The van der Waals surface area contributed by atoms with Gasteiger partial charge in [0.2, 0.25) is 0 Å². The zero-order valence-corrected chi connectivity index (χ0v) is 17.0. The molecule has 0 heterocycles. The second kappa shape index (κ2) is 10.7. The van der Waals surface area contributed by atoms with Gasteiger partial charge in [0.15, 0.2) is 0 Å². The van der Waals surface area contributed by atoms with Gasteiger partial charge in [0, 0.05) is 5.56 Å². The largest absolute Gasteiger partial charge is 0.497 e. The normalized spacial score (nSPS) is 10.6. The van der Waals surface area contributed by atoms with Crippen LogP contribution < -0.4 is 19.6 Å². The molecular formula is C24H24N2O4. The van der Waals surface area contributed by atoms with E-state index in [1.165, 1.54) is 0 Å². The maximum Gasteiger partial charge on any atom is 0.275 e. The molecule has 0 unspecified atom stereocenters. The van der Waals surface area contributed by atoms with Gasteiger partial charge in [-0.1, -0.05) is 36.4 Å². The van der Waals surface area contributed by atoms with Crippen molar-refractivity contribution < 1.29 is 19.0 Å². The van der Waals surface area contributed by atoms with Crippen LogP contribution in [0.2, 0.25) is 0 Å². The molecule has 0 saturated carbocycles. The molecule has 0 spiro atoms. The minimum Gasteiger partial charge on any atom is -0.497 e. The molecule has 154 valence electrons. The zero-order valence-electron chi connectivity index (χ0n) is 17.0. The van der Waals surface area contributed by atoms with Gasteiger partial charge in [0.1, 0.15) is 23.9 Å². The summed E-state index contributed by atoms with van der Waals surface area (Å²) < 4.78 is 16.7. The summed E-state index contributed by atoms with van der Waals surface area (Å²) in [5, 5.41) is 4.08. The van der Waals surface area contributed by atoms with E-state index in [4.69, 9.17) is 14.2 Å². The van der Waals surface area contributed by atoms with E-state index in [-0.39, 0.29) is 5.91 Å². The number of methoxy groups -OCH3 is 1. The fourth-order valence-corrected chi connectivity index (χ4v) is 2.80. The van der Waals surface area contributed by atoms with Crippen LogP contribution in [0.1, 0.15) is 28.4 Å². The Morgan fingerprint density at radius 3 is 2.53 bits per heavy atom. The van der Waals surface area contributed by atoms with Crippen molar-refractivity contribution in [3.8, 4) is 17.2 Å². The van der Waals surface area contributed by atoms with Gasteiger partial charge in [-0.3, -0.25) is 4.79 Å². The van der Waals surface area contributed by atoms with Crippen LogP contribution in [0.4, 0.5) is 0 Å². The summed E-state index contributed by atoms with van der Waals surface area (Å²) >= 11 is 0. The number of nitrogens with one attached hydrogen (secondary N) is 1. The lowest BCUT2D eigenvalue weighted by molar-refractivity contribution is 0.0951. The molecule has 0 aliphatic heterocycles. The van der Waals surface area contributed by atoms with Gasteiger partial charge in [-0.2, -0.15) is 5.10 Å². The van der Waals surface area contributed by atoms with Crippen LogP contribution >= 0.6 is 0 Å². The number of rotatable bonds is 9. The molecule has 1 amide bonds. The van der Waals surface area contributed by atoms with Crippen molar-refractivity contribution in [1.29, 1.82) is 0 Å². The quantitative estimate of drug-likeness (QED) is 0.423. The van der Waals surface area contributed by atoms with Crippen LogP contribution in [0.3, 0.4) is 0 Å². The Bertz CT molecular complexity index is 1020. The number of hydrogen-bond donors (Lipinski definition) is 1. The summed E-state index contributed by atoms with van der Waals surface area (Å²) in [7, 11) is 1.63. The summed E-state index contributed by atoms with van der Waals surface area (Å²) in [6.07, 6.45) is 1.56. The molecule has 0 fully saturated rings. The van der Waals surface area contributed by atoms with Crippen LogP contribution in [-0.4, -0.2) is 25.8 Å². The molecule has 0 aliphatic rings. The van der Waals surface area contributed by atoms with Crippen molar-refractivity contribution >= 4 is 12.1 Å². The lowest BCUT2D eigenvalue weighted by Gasteiger charge is -2.10. The number of para-hydroxylation sites is 2. The topological polar surface area (TPSA) is 69.2 Å². The van der Waals surface area contributed by atoms with Gasteiger partial charge in [-0.15, -0.1) is 0 Å². The van der Waals surface area contributed by atoms with E-state index < -0.39 is 0 Å². The lowest BCUT2D eigenvalue weighted by atomic mass is 10.2. The molecule has 6 nitrogen and oxygen atoms in total. The van der Waals surface area contributed by atoms with Crippen molar-refractivity contribution in [3.05, 3.63) is 89.5 Å². The molecule has 30 heavy (non-hydrogen) atoms. The molecule has 3 aromatic rings. The zero-order chi connectivity index (χ0) is 21.2. The van der Waals surface area contributed by atoms with E-state index in [1.54, 1.807) is 31.5 Å². The number of hydrogen-bond acceptors (Lipinski definition) is 5. The van der Waals surface area contributed by atoms with E-state index in [0.717, 1.165) is 16.9 Å². The first kappa shape index (κ1) is 20.9. The summed E-state index contributed by atoms with van der Waals surface area (Å²) in [6.45, 7) is 2.73. The monoisotopic (exact) mass is 404 g/mol. The maximum atomic E-state index is 12.4. The number of carbonyl (C=O) groups is 1. The molecule has 3 aromatic carbocycles. The smallest absolute Gasteiger partial charge is 0.275 e. The molecule has 0 atom stereocenters. The van der Waals surface area contributed by atoms with E-state index in [9.17, 15) is 4.79 Å². The van der Waals surface area contributed by atoms with Crippen molar-refractivity contribution in [3.63, 3.8) is 0 Å². The molecular weight excluding hydrogens is 380 g/mol. The number of hydrazone groups is 1. The average molecular weight is 404 g/mol. The van der Waals surface area contributed by atoms with Gasteiger partial charge in [0.25, 0.3) is 5.91 Å². The Morgan fingerprint density at radius 1 is 0.967 bits per heavy atom. The molecule has 0 saturated heterocycles. The first-order chi connectivity index (χ1) is 14.7. The Labute approximate surface area is 176 Å². The molecule has 0 aromatic heterocycles. The Morgan fingerprint density at radius 2 is 1.73 bits per heavy atom. The van der Waals surface area contributed by atoms with Crippen molar-refractivity contribution in [2.75, 3.05) is 13.7 Å². The van der Waals surface area contributed by atoms with Crippen molar-refractivity contribution in [1.82, 2.24) is 5.43 Å². The van der Waals surface area contributed by atoms with E-state index >= 15 is 0 Å². The van der Waals surface area contributed by atoms with Crippen LogP contribution in [0, 0.1) is 0 Å². The second-order valence-corrected chi connectivity index (χ2v) is 6.31. The first-order valence-electron chi connectivity index (χ1n) is 9.61. The highest BCUT2D eigenvalue weighted by molar-refractivity contribution is 5.97. The molecule has 0 radical (unpaired) electrons. The standard InChI is InChI=1S/C24H24N2O4/c1-3-29-23-14-7-5-12-21(23)24(27)26-25-16-19-10-4-6-13-22(19)30-17-18-9-8-11-20(15-18)28-2/h4-16H,3,17H2,1-2H3,(H,26,27)/b25-16+. The first-order valence-corrected chi connectivity index (χ1v) is 9.61. The predicted molar refractivity (Wildman–Crippen MR) is 116 cm³/mol. The summed E-state index contributed by atoms with van der Waals surface area (Å²) in [6, 6.07) is 22.2. The third kappa shape index (κ3) is 5.61. The minimum absolute atomic E-state index is 0.343. The highest BCUT2D eigenvalue weighted by atomic mass is 16.5. The number of ether oxygens (including phenoxy) is 3. The highest BCUT2D eigenvalue weighted by Gasteiger charge is 2.11. The van der Waals surface area contributed by atoms with Crippen LogP contribution in [-0.2, 0) is 6.61 Å². The maximum absolute atomic E-state index is 12.4.